The van der Waals surface area contributed by atoms with Crippen LogP contribution in [0.25, 0.3) is 0 Å². The second kappa shape index (κ2) is 5.67. The number of nitro benzene ring substituents is 1. The van der Waals surface area contributed by atoms with Crippen molar-refractivity contribution in [3.05, 3.63) is 33.9 Å². The van der Waals surface area contributed by atoms with E-state index in [0.717, 1.165) is 25.7 Å². The number of ether oxygens (including phenoxy) is 1. The summed E-state index contributed by atoms with van der Waals surface area (Å²) in [6.45, 7) is 0. The highest BCUT2D eigenvalue weighted by Gasteiger charge is 2.26. The molecule has 2 unspecified atom stereocenters. The number of nitriles is 1. The lowest BCUT2D eigenvalue weighted by atomic mass is 9.93. The maximum atomic E-state index is 11.0. The first-order valence-electron chi connectivity index (χ1n) is 6.22. The van der Waals surface area contributed by atoms with Gasteiger partial charge < -0.3 is 10.5 Å². The van der Waals surface area contributed by atoms with Crippen molar-refractivity contribution in [1.29, 1.82) is 5.26 Å². The molecule has 1 aliphatic rings. The smallest absolute Gasteiger partial charge is 0.312 e. The number of nitrogens with zero attached hydrogens (tertiary/aromatic N) is 2. The molecular formula is C13H15N3O3. The van der Waals surface area contributed by atoms with Crippen LogP contribution in [0.5, 0.6) is 5.75 Å². The third-order valence-corrected chi connectivity index (χ3v) is 3.32. The molecule has 1 fully saturated rings. The van der Waals surface area contributed by atoms with Gasteiger partial charge in [0.1, 0.15) is 6.10 Å². The van der Waals surface area contributed by atoms with Gasteiger partial charge in [0.05, 0.1) is 16.6 Å². The maximum absolute atomic E-state index is 11.0. The van der Waals surface area contributed by atoms with Crippen molar-refractivity contribution in [1.82, 2.24) is 0 Å². The molecular weight excluding hydrogens is 246 g/mol. The summed E-state index contributed by atoms with van der Waals surface area (Å²) in [6, 6.07) is 5.99. The number of hydrogen-bond acceptors (Lipinski definition) is 5. The van der Waals surface area contributed by atoms with Gasteiger partial charge in [-0.25, -0.2) is 0 Å². The zero-order valence-corrected chi connectivity index (χ0v) is 10.4. The van der Waals surface area contributed by atoms with Crippen molar-refractivity contribution in [3.8, 4) is 11.8 Å². The topological polar surface area (TPSA) is 102 Å². The number of hydrogen-bond donors (Lipinski definition) is 1. The van der Waals surface area contributed by atoms with E-state index in [-0.39, 0.29) is 29.1 Å². The molecule has 0 amide bonds. The molecule has 0 spiro atoms. The molecule has 2 atom stereocenters. The Kier molecular flexibility index (Phi) is 3.97. The Hall–Kier alpha value is -2.13. The van der Waals surface area contributed by atoms with E-state index in [2.05, 4.69) is 0 Å². The zero-order chi connectivity index (χ0) is 13.8. The first-order valence-corrected chi connectivity index (χ1v) is 6.22. The minimum Gasteiger partial charge on any atom is -0.482 e. The molecule has 2 rings (SSSR count). The molecule has 6 nitrogen and oxygen atoms in total. The molecule has 100 valence electrons. The van der Waals surface area contributed by atoms with E-state index in [0.29, 0.717) is 0 Å². The fraction of sp³-hybridized carbons (Fsp3) is 0.462. The third-order valence-electron chi connectivity index (χ3n) is 3.32. The van der Waals surface area contributed by atoms with E-state index < -0.39 is 4.92 Å². The summed E-state index contributed by atoms with van der Waals surface area (Å²) >= 11 is 0. The Balaban J connectivity index is 2.24. The average molecular weight is 261 g/mol. The number of nitrogens with two attached hydrogens (primary N) is 1. The molecule has 1 saturated carbocycles. The average Bonchev–Trinajstić information content (AvgIpc) is 2.41. The normalized spacial score (nSPS) is 22.5. The van der Waals surface area contributed by atoms with Gasteiger partial charge in [-0.1, -0.05) is 6.42 Å². The monoisotopic (exact) mass is 261 g/mol. The summed E-state index contributed by atoms with van der Waals surface area (Å²) in [5, 5.41) is 19.8. The molecule has 0 heterocycles. The van der Waals surface area contributed by atoms with E-state index >= 15 is 0 Å². The number of nitro groups is 1. The molecule has 1 aliphatic carbocycles. The first kappa shape index (κ1) is 13.3. The van der Waals surface area contributed by atoms with Crippen LogP contribution in [-0.2, 0) is 0 Å². The molecule has 0 bridgehead atoms. The quantitative estimate of drug-likeness (QED) is 0.663. The van der Waals surface area contributed by atoms with Gasteiger partial charge in [-0.2, -0.15) is 5.26 Å². The fourth-order valence-corrected chi connectivity index (χ4v) is 2.26. The standard InChI is InChI=1S/C13H15N3O3/c14-8-9-5-6-13(11(7-9)16(17)18)19-12-4-2-1-3-10(12)15/h5-7,10,12H,1-4,15H2. The van der Waals surface area contributed by atoms with E-state index in [1.54, 1.807) is 0 Å². The lowest BCUT2D eigenvalue weighted by Gasteiger charge is -2.28. The van der Waals surface area contributed by atoms with Crippen LogP contribution >= 0.6 is 0 Å². The summed E-state index contributed by atoms with van der Waals surface area (Å²) in [7, 11) is 0. The molecule has 6 heteroatoms. The third kappa shape index (κ3) is 3.01. The number of rotatable bonds is 3. The van der Waals surface area contributed by atoms with Crippen molar-refractivity contribution < 1.29 is 9.66 Å². The van der Waals surface area contributed by atoms with E-state index in [4.69, 9.17) is 15.7 Å². The summed E-state index contributed by atoms with van der Waals surface area (Å²) in [5.41, 5.74) is 6.02. The van der Waals surface area contributed by atoms with Crippen molar-refractivity contribution in [2.45, 2.75) is 37.8 Å². The largest absolute Gasteiger partial charge is 0.482 e. The second-order valence-corrected chi connectivity index (χ2v) is 4.66. The van der Waals surface area contributed by atoms with E-state index in [1.807, 2.05) is 6.07 Å². The molecule has 0 aromatic heterocycles. The molecule has 2 N–H and O–H groups in total. The van der Waals surface area contributed by atoms with Gasteiger partial charge >= 0.3 is 5.69 Å². The highest BCUT2D eigenvalue weighted by molar-refractivity contribution is 5.51. The van der Waals surface area contributed by atoms with Gasteiger partial charge in [0.15, 0.2) is 5.75 Å². The van der Waals surface area contributed by atoms with Crippen LogP contribution in [0.15, 0.2) is 18.2 Å². The van der Waals surface area contributed by atoms with Crippen LogP contribution in [0.1, 0.15) is 31.2 Å². The van der Waals surface area contributed by atoms with Crippen LogP contribution in [0.2, 0.25) is 0 Å². The minimum absolute atomic E-state index is 0.0935. The molecule has 1 aromatic rings. The van der Waals surface area contributed by atoms with Crippen molar-refractivity contribution in [2.75, 3.05) is 0 Å². The van der Waals surface area contributed by atoms with Gasteiger partial charge in [-0.15, -0.1) is 0 Å². The lowest BCUT2D eigenvalue weighted by molar-refractivity contribution is -0.386. The van der Waals surface area contributed by atoms with Crippen LogP contribution in [-0.4, -0.2) is 17.1 Å². The van der Waals surface area contributed by atoms with Gasteiger partial charge in [-0.05, 0) is 31.4 Å². The molecule has 19 heavy (non-hydrogen) atoms. The Bertz CT molecular complexity index is 524. The molecule has 0 saturated heterocycles. The SMILES string of the molecule is N#Cc1ccc(OC2CCCCC2N)c([N+](=O)[O-])c1. The van der Waals surface area contributed by atoms with Crippen LogP contribution in [0.3, 0.4) is 0 Å². The summed E-state index contributed by atoms with van der Waals surface area (Å²) < 4.78 is 5.68. The molecule has 1 aromatic carbocycles. The Labute approximate surface area is 110 Å². The predicted octanol–water partition coefficient (Wildman–Crippen LogP) is 2.12. The lowest BCUT2D eigenvalue weighted by Crippen LogP contribution is -2.41. The highest BCUT2D eigenvalue weighted by atomic mass is 16.6. The number of benzene rings is 1. The summed E-state index contributed by atoms with van der Waals surface area (Å²) in [4.78, 5) is 10.5. The Morgan fingerprint density at radius 3 is 2.79 bits per heavy atom. The van der Waals surface area contributed by atoms with Crippen LogP contribution in [0, 0.1) is 21.4 Å². The summed E-state index contributed by atoms with van der Waals surface area (Å²) in [5.74, 6) is 0.186. The fourth-order valence-electron chi connectivity index (χ4n) is 2.26. The highest BCUT2D eigenvalue weighted by Crippen LogP contribution is 2.31. The van der Waals surface area contributed by atoms with Crippen LogP contribution < -0.4 is 10.5 Å². The van der Waals surface area contributed by atoms with Crippen molar-refractivity contribution in [2.24, 2.45) is 5.73 Å². The summed E-state index contributed by atoms with van der Waals surface area (Å²) in [6.07, 6.45) is 3.56. The van der Waals surface area contributed by atoms with Gasteiger partial charge in [0.25, 0.3) is 0 Å². The van der Waals surface area contributed by atoms with Gasteiger partial charge in [0.2, 0.25) is 0 Å². The predicted molar refractivity (Wildman–Crippen MR) is 68.7 cm³/mol. The van der Waals surface area contributed by atoms with Crippen molar-refractivity contribution in [3.63, 3.8) is 0 Å². The first-order chi connectivity index (χ1) is 9.11. The van der Waals surface area contributed by atoms with Crippen LogP contribution in [0.4, 0.5) is 5.69 Å². The van der Waals surface area contributed by atoms with E-state index in [1.165, 1.54) is 18.2 Å². The Morgan fingerprint density at radius 1 is 1.42 bits per heavy atom. The second-order valence-electron chi connectivity index (χ2n) is 4.66. The van der Waals surface area contributed by atoms with Gasteiger partial charge in [0, 0.05) is 12.1 Å². The minimum atomic E-state index is -0.537. The molecule has 0 aliphatic heterocycles. The van der Waals surface area contributed by atoms with Crippen molar-refractivity contribution >= 4 is 5.69 Å². The molecule has 0 radical (unpaired) electrons. The van der Waals surface area contributed by atoms with Gasteiger partial charge in [-0.3, -0.25) is 10.1 Å². The zero-order valence-electron chi connectivity index (χ0n) is 10.4. The van der Waals surface area contributed by atoms with E-state index in [9.17, 15) is 10.1 Å². The maximum Gasteiger partial charge on any atom is 0.312 e. The Morgan fingerprint density at radius 2 is 2.16 bits per heavy atom.